The van der Waals surface area contributed by atoms with Crippen molar-refractivity contribution in [3.63, 3.8) is 0 Å². The van der Waals surface area contributed by atoms with Crippen LogP contribution in [0.1, 0.15) is 25.3 Å². The molecule has 18 heavy (non-hydrogen) atoms. The third kappa shape index (κ3) is 3.18. The van der Waals surface area contributed by atoms with Gasteiger partial charge < -0.3 is 9.47 Å². The lowest BCUT2D eigenvalue weighted by atomic mass is 10.1. The molecule has 3 nitrogen and oxygen atoms in total. The molecule has 1 rings (SSSR count). The van der Waals surface area contributed by atoms with Crippen LogP contribution in [0.15, 0.2) is 23.8 Å². The summed E-state index contributed by atoms with van der Waals surface area (Å²) in [7, 11) is 3.15. The second-order valence-corrected chi connectivity index (χ2v) is 4.10. The van der Waals surface area contributed by atoms with E-state index >= 15 is 0 Å². The standard InChI is InChI=1S/C14H16ClNO2/c1-4-5-10(9-16)14(15)12-7-6-11(17-2)8-13(12)18-3/h6-8H,4-5H2,1-3H3. The van der Waals surface area contributed by atoms with Crippen LogP contribution in [-0.2, 0) is 0 Å². The molecule has 0 fully saturated rings. The summed E-state index contributed by atoms with van der Waals surface area (Å²) in [6, 6.07) is 7.48. The monoisotopic (exact) mass is 265 g/mol. The zero-order valence-corrected chi connectivity index (χ0v) is 11.5. The van der Waals surface area contributed by atoms with Crippen molar-refractivity contribution in [3.05, 3.63) is 29.3 Å². The summed E-state index contributed by atoms with van der Waals surface area (Å²) in [5.74, 6) is 1.29. The van der Waals surface area contributed by atoms with Gasteiger partial charge in [-0.1, -0.05) is 24.9 Å². The molecule has 4 heteroatoms. The molecular weight excluding hydrogens is 250 g/mol. The normalized spacial score (nSPS) is 11.5. The summed E-state index contributed by atoms with van der Waals surface area (Å²) in [5.41, 5.74) is 1.28. The van der Waals surface area contributed by atoms with Crippen LogP contribution in [0.25, 0.3) is 5.03 Å². The van der Waals surface area contributed by atoms with Crippen LogP contribution < -0.4 is 9.47 Å². The Balaban J connectivity index is 3.28. The Morgan fingerprint density at radius 3 is 2.56 bits per heavy atom. The summed E-state index contributed by atoms with van der Waals surface area (Å²) in [6.45, 7) is 2.01. The number of benzene rings is 1. The predicted molar refractivity (Wildman–Crippen MR) is 72.8 cm³/mol. The number of nitrogens with zero attached hydrogens (tertiary/aromatic N) is 1. The Bertz CT molecular complexity index is 489. The van der Waals surface area contributed by atoms with Crippen molar-refractivity contribution in [2.45, 2.75) is 19.8 Å². The number of hydrogen-bond donors (Lipinski definition) is 0. The summed E-state index contributed by atoms with van der Waals surface area (Å²) in [6.07, 6.45) is 1.53. The third-order valence-electron chi connectivity index (χ3n) is 2.55. The fraction of sp³-hybridized carbons (Fsp3) is 0.357. The van der Waals surface area contributed by atoms with E-state index in [0.29, 0.717) is 34.1 Å². The number of ether oxygens (including phenoxy) is 2. The molecule has 0 bridgehead atoms. The van der Waals surface area contributed by atoms with Crippen molar-refractivity contribution in [2.24, 2.45) is 0 Å². The van der Waals surface area contributed by atoms with Crippen LogP contribution in [0.2, 0.25) is 0 Å². The van der Waals surface area contributed by atoms with Crippen LogP contribution in [0.5, 0.6) is 11.5 Å². The minimum absolute atomic E-state index is 0.443. The Kier molecular flexibility index (Phi) is 5.54. The Morgan fingerprint density at radius 2 is 2.06 bits per heavy atom. The van der Waals surface area contributed by atoms with Gasteiger partial charge in [-0.3, -0.25) is 0 Å². The molecular formula is C14H16ClNO2. The van der Waals surface area contributed by atoms with Gasteiger partial charge in [-0.25, -0.2) is 0 Å². The average Bonchev–Trinajstić information content (AvgIpc) is 2.43. The Hall–Kier alpha value is -1.66. The van der Waals surface area contributed by atoms with Crippen LogP contribution in [0, 0.1) is 11.3 Å². The molecule has 0 amide bonds. The molecule has 0 heterocycles. The number of allylic oxidation sites excluding steroid dienone is 1. The maximum absolute atomic E-state index is 9.10. The largest absolute Gasteiger partial charge is 0.497 e. The van der Waals surface area contributed by atoms with E-state index in [0.717, 1.165) is 6.42 Å². The molecule has 0 atom stereocenters. The van der Waals surface area contributed by atoms with Crippen LogP contribution in [-0.4, -0.2) is 14.2 Å². The molecule has 1 aromatic rings. The molecule has 0 aliphatic heterocycles. The third-order valence-corrected chi connectivity index (χ3v) is 2.98. The van der Waals surface area contributed by atoms with E-state index in [-0.39, 0.29) is 0 Å². The molecule has 1 aromatic carbocycles. The summed E-state index contributed by atoms with van der Waals surface area (Å²) in [5, 5.41) is 9.54. The lowest BCUT2D eigenvalue weighted by Gasteiger charge is -2.10. The first-order valence-corrected chi connectivity index (χ1v) is 6.06. The highest BCUT2D eigenvalue weighted by atomic mass is 35.5. The Morgan fingerprint density at radius 1 is 1.33 bits per heavy atom. The highest BCUT2D eigenvalue weighted by Gasteiger charge is 2.12. The van der Waals surface area contributed by atoms with Gasteiger partial charge in [0.25, 0.3) is 0 Å². The number of nitriles is 1. The first-order chi connectivity index (χ1) is 8.67. The molecule has 0 aliphatic rings. The van der Waals surface area contributed by atoms with Gasteiger partial charge in [0.2, 0.25) is 0 Å². The smallest absolute Gasteiger partial charge is 0.131 e. The summed E-state index contributed by atoms with van der Waals surface area (Å²) < 4.78 is 10.4. The molecule has 0 radical (unpaired) electrons. The van der Waals surface area contributed by atoms with Crippen molar-refractivity contribution in [3.8, 4) is 17.6 Å². The van der Waals surface area contributed by atoms with E-state index in [4.69, 9.17) is 26.3 Å². The van der Waals surface area contributed by atoms with E-state index in [1.54, 1.807) is 32.4 Å². The van der Waals surface area contributed by atoms with Crippen LogP contribution in [0.3, 0.4) is 0 Å². The van der Waals surface area contributed by atoms with E-state index < -0.39 is 0 Å². The van der Waals surface area contributed by atoms with Crippen molar-refractivity contribution in [1.29, 1.82) is 5.26 Å². The fourth-order valence-electron chi connectivity index (χ4n) is 1.61. The molecule has 0 saturated heterocycles. The molecule has 96 valence electrons. The first kappa shape index (κ1) is 14.4. The topological polar surface area (TPSA) is 42.2 Å². The van der Waals surface area contributed by atoms with E-state index in [1.807, 2.05) is 6.92 Å². The maximum atomic E-state index is 9.10. The molecule has 0 aromatic heterocycles. The highest BCUT2D eigenvalue weighted by molar-refractivity contribution is 6.49. The maximum Gasteiger partial charge on any atom is 0.131 e. The molecule has 0 saturated carbocycles. The lowest BCUT2D eigenvalue weighted by molar-refractivity contribution is 0.393. The number of halogens is 1. The molecule has 0 spiro atoms. The first-order valence-electron chi connectivity index (χ1n) is 5.69. The Labute approximate surface area is 113 Å². The number of hydrogen-bond acceptors (Lipinski definition) is 3. The van der Waals surface area contributed by atoms with Gasteiger partial charge in [0.1, 0.15) is 11.5 Å². The van der Waals surface area contributed by atoms with Crippen molar-refractivity contribution >= 4 is 16.6 Å². The summed E-state index contributed by atoms with van der Waals surface area (Å²) >= 11 is 6.27. The molecule has 0 unspecified atom stereocenters. The van der Waals surface area contributed by atoms with Gasteiger partial charge in [0.05, 0.1) is 25.3 Å². The average molecular weight is 266 g/mol. The highest BCUT2D eigenvalue weighted by Crippen LogP contribution is 2.34. The molecule has 0 aliphatic carbocycles. The quantitative estimate of drug-likeness (QED) is 0.757. The predicted octanol–water partition coefficient (Wildman–Crippen LogP) is 3.98. The zero-order chi connectivity index (χ0) is 13.5. The SMILES string of the molecule is CCCC(C#N)=C(Cl)c1ccc(OC)cc1OC. The number of methoxy groups -OCH3 is 2. The molecule has 0 N–H and O–H groups in total. The van der Waals surface area contributed by atoms with Gasteiger partial charge in [-0.15, -0.1) is 0 Å². The van der Waals surface area contributed by atoms with E-state index in [9.17, 15) is 0 Å². The minimum atomic E-state index is 0.443. The van der Waals surface area contributed by atoms with Crippen LogP contribution >= 0.6 is 11.6 Å². The van der Waals surface area contributed by atoms with Gasteiger partial charge in [0.15, 0.2) is 0 Å². The van der Waals surface area contributed by atoms with E-state index in [1.165, 1.54) is 0 Å². The zero-order valence-electron chi connectivity index (χ0n) is 10.8. The van der Waals surface area contributed by atoms with Gasteiger partial charge in [0, 0.05) is 17.2 Å². The minimum Gasteiger partial charge on any atom is -0.497 e. The van der Waals surface area contributed by atoms with E-state index in [2.05, 4.69) is 6.07 Å². The van der Waals surface area contributed by atoms with Gasteiger partial charge in [-0.2, -0.15) is 5.26 Å². The summed E-state index contributed by atoms with van der Waals surface area (Å²) in [4.78, 5) is 0. The fourth-order valence-corrected chi connectivity index (χ4v) is 1.90. The van der Waals surface area contributed by atoms with Gasteiger partial charge in [-0.05, 0) is 18.6 Å². The van der Waals surface area contributed by atoms with Crippen LogP contribution in [0.4, 0.5) is 0 Å². The van der Waals surface area contributed by atoms with Gasteiger partial charge >= 0.3 is 0 Å². The number of rotatable bonds is 5. The second-order valence-electron chi connectivity index (χ2n) is 3.72. The van der Waals surface area contributed by atoms with Crippen molar-refractivity contribution < 1.29 is 9.47 Å². The lowest BCUT2D eigenvalue weighted by Crippen LogP contribution is -1.93. The van der Waals surface area contributed by atoms with Crippen molar-refractivity contribution in [1.82, 2.24) is 0 Å². The second kappa shape index (κ2) is 6.93. The van der Waals surface area contributed by atoms with Crippen molar-refractivity contribution in [2.75, 3.05) is 14.2 Å².